The summed E-state index contributed by atoms with van der Waals surface area (Å²) < 4.78 is 35.4. The maximum absolute atomic E-state index is 14.4. The van der Waals surface area contributed by atoms with Gasteiger partial charge in [0, 0.05) is 34.7 Å². The zero-order chi connectivity index (χ0) is 21.7. The molecule has 10 heteroatoms. The minimum atomic E-state index is -0.596. The van der Waals surface area contributed by atoms with Crippen molar-refractivity contribution in [1.82, 2.24) is 29.9 Å². The van der Waals surface area contributed by atoms with Crippen molar-refractivity contribution in [1.29, 1.82) is 0 Å². The Morgan fingerprint density at radius 3 is 2.91 bits per heavy atom. The highest BCUT2D eigenvalue weighted by Gasteiger charge is 2.24. The highest BCUT2D eigenvalue weighted by Crippen LogP contribution is 2.41. The summed E-state index contributed by atoms with van der Waals surface area (Å²) in [7, 11) is 0. The molecule has 0 fully saturated rings. The summed E-state index contributed by atoms with van der Waals surface area (Å²) in [5.74, 6) is -0.0685. The highest BCUT2D eigenvalue weighted by molar-refractivity contribution is 7.15. The van der Waals surface area contributed by atoms with Gasteiger partial charge in [-0.3, -0.25) is 5.10 Å². The molecule has 0 aliphatic carbocycles. The summed E-state index contributed by atoms with van der Waals surface area (Å²) in [5, 5.41) is 11.5. The van der Waals surface area contributed by atoms with Crippen LogP contribution in [0.3, 0.4) is 0 Å². The van der Waals surface area contributed by atoms with E-state index in [4.69, 9.17) is 9.72 Å². The Balaban J connectivity index is 1.45. The van der Waals surface area contributed by atoms with Crippen molar-refractivity contribution >= 4 is 11.3 Å². The monoisotopic (exact) mass is 448 g/mol. The van der Waals surface area contributed by atoms with Crippen molar-refractivity contribution < 1.29 is 13.5 Å². The Bertz CT molecular complexity index is 1440. The van der Waals surface area contributed by atoms with Crippen LogP contribution >= 0.6 is 11.3 Å². The topological polar surface area (TPSA) is 81.5 Å². The fourth-order valence-electron chi connectivity index (χ4n) is 3.72. The Morgan fingerprint density at radius 1 is 1.09 bits per heavy atom. The summed E-state index contributed by atoms with van der Waals surface area (Å²) in [6.45, 7) is 0.502. The Kier molecular flexibility index (Phi) is 4.32. The summed E-state index contributed by atoms with van der Waals surface area (Å²) in [6.07, 6.45) is 5.55. The number of thiazole rings is 1. The van der Waals surface area contributed by atoms with E-state index in [1.807, 2.05) is 24.4 Å². The van der Waals surface area contributed by atoms with Gasteiger partial charge < -0.3 is 4.74 Å². The molecule has 0 radical (unpaired) electrons. The lowest BCUT2D eigenvalue weighted by Gasteiger charge is -2.09. The molecule has 0 atom stereocenters. The predicted octanol–water partition coefficient (Wildman–Crippen LogP) is 4.66. The van der Waals surface area contributed by atoms with Gasteiger partial charge >= 0.3 is 0 Å². The molecule has 4 heterocycles. The molecular weight excluding hydrogens is 434 g/mol. The third-order valence-electron chi connectivity index (χ3n) is 5.23. The van der Waals surface area contributed by atoms with Crippen molar-refractivity contribution in [3.8, 4) is 44.7 Å². The lowest BCUT2D eigenvalue weighted by Crippen LogP contribution is -2.03. The van der Waals surface area contributed by atoms with Gasteiger partial charge in [0.15, 0.2) is 10.8 Å². The van der Waals surface area contributed by atoms with Gasteiger partial charge in [0.05, 0.1) is 18.5 Å². The first-order valence-electron chi connectivity index (χ1n) is 9.79. The van der Waals surface area contributed by atoms with Gasteiger partial charge in [0.1, 0.15) is 29.4 Å². The van der Waals surface area contributed by atoms with E-state index >= 15 is 0 Å². The molecule has 1 aliphatic heterocycles. The number of fused-ring (bicyclic) bond motifs is 3. The molecule has 0 saturated heterocycles. The number of rotatable bonds is 3. The summed E-state index contributed by atoms with van der Waals surface area (Å²) >= 11 is 1.45. The van der Waals surface area contributed by atoms with Crippen molar-refractivity contribution in [3.63, 3.8) is 0 Å². The minimum Gasteiger partial charge on any atom is -0.492 e. The standard InChI is InChI=1S/C22H14F2N6OS/c23-14-2-4-16(24)17(8-14)30-21(25-11-28-30)22-29-20-15-3-1-12(13-9-26-27-10-13)7-18(15)31-6-5-19(20)32-22/h1-4,7-11H,5-6H2,(H,26,27). The quantitative estimate of drug-likeness (QED) is 0.434. The number of hydrogen-bond donors (Lipinski definition) is 1. The predicted molar refractivity (Wildman–Crippen MR) is 115 cm³/mol. The number of H-pyrrole nitrogens is 1. The van der Waals surface area contributed by atoms with E-state index in [1.165, 1.54) is 22.3 Å². The Hall–Kier alpha value is -3.92. The smallest absolute Gasteiger partial charge is 0.192 e. The van der Waals surface area contributed by atoms with E-state index in [9.17, 15) is 8.78 Å². The van der Waals surface area contributed by atoms with Crippen molar-refractivity contribution in [2.75, 3.05) is 6.61 Å². The van der Waals surface area contributed by atoms with Crippen LogP contribution in [-0.2, 0) is 6.42 Å². The van der Waals surface area contributed by atoms with Gasteiger partial charge in [-0.25, -0.2) is 23.4 Å². The van der Waals surface area contributed by atoms with E-state index in [-0.39, 0.29) is 5.69 Å². The number of nitrogens with one attached hydrogen (secondary N) is 1. The first-order chi connectivity index (χ1) is 15.7. The number of halogens is 2. The number of benzene rings is 2. The largest absolute Gasteiger partial charge is 0.492 e. The van der Waals surface area contributed by atoms with Crippen LogP contribution in [0.1, 0.15) is 4.88 Å². The van der Waals surface area contributed by atoms with Crippen LogP contribution in [0.2, 0.25) is 0 Å². The molecule has 6 rings (SSSR count). The molecule has 7 nitrogen and oxygen atoms in total. The number of ether oxygens (including phenoxy) is 1. The molecule has 3 aromatic heterocycles. The normalized spacial score (nSPS) is 12.7. The second-order valence-electron chi connectivity index (χ2n) is 7.18. The first-order valence-corrected chi connectivity index (χ1v) is 10.6. The van der Waals surface area contributed by atoms with Crippen LogP contribution < -0.4 is 4.74 Å². The molecule has 0 saturated carbocycles. The van der Waals surface area contributed by atoms with Crippen LogP contribution in [-0.4, -0.2) is 36.6 Å². The third kappa shape index (κ3) is 3.07. The molecule has 0 amide bonds. The summed E-state index contributed by atoms with van der Waals surface area (Å²) in [4.78, 5) is 10.1. The lowest BCUT2D eigenvalue weighted by molar-refractivity contribution is 0.327. The minimum absolute atomic E-state index is 0.0172. The van der Waals surface area contributed by atoms with Gasteiger partial charge in [-0.2, -0.15) is 10.2 Å². The second-order valence-corrected chi connectivity index (χ2v) is 8.26. The molecule has 32 heavy (non-hydrogen) atoms. The average molecular weight is 448 g/mol. The van der Waals surface area contributed by atoms with Crippen LogP contribution in [0.4, 0.5) is 8.78 Å². The molecule has 0 bridgehead atoms. The molecule has 158 valence electrons. The van der Waals surface area contributed by atoms with Crippen LogP contribution in [0, 0.1) is 11.6 Å². The van der Waals surface area contributed by atoms with Gasteiger partial charge in [0.25, 0.3) is 0 Å². The maximum Gasteiger partial charge on any atom is 0.192 e. The average Bonchev–Trinajstić information content (AvgIpc) is 3.55. The van der Waals surface area contributed by atoms with Gasteiger partial charge in [-0.15, -0.1) is 11.3 Å². The zero-order valence-corrected chi connectivity index (χ0v) is 17.2. The van der Waals surface area contributed by atoms with E-state index in [1.54, 1.807) is 6.20 Å². The van der Waals surface area contributed by atoms with E-state index in [2.05, 4.69) is 20.3 Å². The van der Waals surface area contributed by atoms with Gasteiger partial charge in [-0.1, -0.05) is 6.07 Å². The number of aromatic nitrogens is 6. The van der Waals surface area contributed by atoms with E-state index < -0.39 is 11.6 Å². The van der Waals surface area contributed by atoms with Gasteiger partial charge in [0.2, 0.25) is 0 Å². The van der Waals surface area contributed by atoms with Crippen LogP contribution in [0.15, 0.2) is 55.1 Å². The maximum atomic E-state index is 14.4. The first kappa shape index (κ1) is 18.8. The highest BCUT2D eigenvalue weighted by atomic mass is 32.1. The van der Waals surface area contributed by atoms with Crippen molar-refractivity contribution in [2.24, 2.45) is 0 Å². The molecule has 0 unspecified atom stereocenters. The van der Waals surface area contributed by atoms with Crippen molar-refractivity contribution in [3.05, 3.63) is 71.6 Å². The van der Waals surface area contributed by atoms with Crippen molar-refractivity contribution in [2.45, 2.75) is 6.42 Å². The molecule has 5 aromatic rings. The molecule has 1 N–H and O–H groups in total. The number of aromatic amines is 1. The Morgan fingerprint density at radius 2 is 2.03 bits per heavy atom. The zero-order valence-electron chi connectivity index (χ0n) is 16.4. The third-order valence-corrected chi connectivity index (χ3v) is 6.34. The lowest BCUT2D eigenvalue weighted by atomic mass is 10.0. The molecule has 1 aliphatic rings. The fraction of sp³-hybridized carbons (Fsp3) is 0.0909. The van der Waals surface area contributed by atoms with Crippen LogP contribution in [0.5, 0.6) is 5.75 Å². The SMILES string of the molecule is Fc1ccc(F)c(-n2ncnc2-c2nc3c(s2)CCOc2cc(-c4cn[nH]c4)ccc2-3)c1. The second kappa shape index (κ2) is 7.34. The summed E-state index contributed by atoms with van der Waals surface area (Å²) in [6, 6.07) is 9.16. The number of nitrogens with zero attached hydrogens (tertiary/aromatic N) is 5. The molecule has 0 spiro atoms. The molecular formula is C22H14F2N6OS. The van der Waals surface area contributed by atoms with E-state index in [0.29, 0.717) is 23.9 Å². The van der Waals surface area contributed by atoms with E-state index in [0.717, 1.165) is 51.2 Å². The summed E-state index contributed by atoms with van der Waals surface area (Å²) in [5.41, 5.74) is 3.60. The van der Waals surface area contributed by atoms with Crippen LogP contribution in [0.25, 0.3) is 38.9 Å². The molecule has 2 aromatic carbocycles. The Labute approximate surface area is 184 Å². The fourth-order valence-corrected chi connectivity index (χ4v) is 4.76. The van der Waals surface area contributed by atoms with Gasteiger partial charge in [-0.05, 0) is 29.8 Å². The number of hydrogen-bond acceptors (Lipinski definition) is 6.